The highest BCUT2D eigenvalue weighted by Gasteiger charge is 2.12. The van der Waals surface area contributed by atoms with Gasteiger partial charge in [-0.25, -0.2) is 0 Å². The Bertz CT molecular complexity index is 374. The van der Waals surface area contributed by atoms with Crippen LogP contribution in [0.15, 0.2) is 12.3 Å². The molecule has 0 radical (unpaired) electrons. The molecule has 0 bridgehead atoms. The van der Waals surface area contributed by atoms with Gasteiger partial charge in [-0.05, 0) is 38.4 Å². The van der Waals surface area contributed by atoms with Gasteiger partial charge in [-0.2, -0.15) is 0 Å². The average molecular weight is 276 g/mol. The normalized spacial score (nSPS) is 12.6. The lowest BCUT2D eigenvalue weighted by atomic mass is 10.00. The van der Waals surface area contributed by atoms with E-state index in [-0.39, 0.29) is 0 Å². The molecule has 1 atom stereocenters. The molecule has 0 spiro atoms. The molecule has 1 heterocycles. The Morgan fingerprint density at radius 2 is 1.70 bits per heavy atom. The summed E-state index contributed by atoms with van der Waals surface area (Å²) >= 11 is 0. The highest BCUT2D eigenvalue weighted by molar-refractivity contribution is 5.25. The van der Waals surface area contributed by atoms with E-state index in [4.69, 9.17) is 0 Å². The third-order valence-electron chi connectivity index (χ3n) is 4.03. The lowest BCUT2D eigenvalue weighted by Gasteiger charge is -2.18. The van der Waals surface area contributed by atoms with Crippen molar-refractivity contribution in [2.24, 2.45) is 0 Å². The zero-order valence-electron chi connectivity index (χ0n) is 13.8. The summed E-state index contributed by atoms with van der Waals surface area (Å²) in [4.78, 5) is 4.63. The fraction of sp³-hybridized carbons (Fsp3) is 0.722. The predicted octanol–water partition coefficient (Wildman–Crippen LogP) is 5.10. The molecule has 20 heavy (non-hydrogen) atoms. The minimum atomic E-state index is 0.409. The third-order valence-corrected chi connectivity index (χ3v) is 4.03. The van der Waals surface area contributed by atoms with Gasteiger partial charge in [0.15, 0.2) is 0 Å². The molecule has 2 nitrogen and oxygen atoms in total. The minimum absolute atomic E-state index is 0.409. The highest BCUT2D eigenvalue weighted by atomic mass is 14.9. The van der Waals surface area contributed by atoms with Crippen LogP contribution >= 0.6 is 0 Å². The Kier molecular flexibility index (Phi) is 8.52. The van der Waals surface area contributed by atoms with Crippen LogP contribution < -0.4 is 5.32 Å². The molecule has 114 valence electrons. The van der Waals surface area contributed by atoms with Crippen LogP contribution in [0.3, 0.4) is 0 Å². The van der Waals surface area contributed by atoms with E-state index in [1.165, 1.54) is 68.2 Å². The summed E-state index contributed by atoms with van der Waals surface area (Å²) < 4.78 is 0. The average Bonchev–Trinajstić information content (AvgIpc) is 2.43. The maximum absolute atomic E-state index is 4.63. The number of aryl methyl sites for hydroxylation is 2. The fourth-order valence-corrected chi connectivity index (χ4v) is 2.81. The molecular weight excluding hydrogens is 244 g/mol. The standard InChI is InChI=1S/C18H32N2/c1-5-6-7-8-9-10-11-12-17(19-4)18-16(3)13-15(2)14-20-18/h13-14,17,19H,5-12H2,1-4H3. The molecule has 2 heteroatoms. The molecule has 1 aromatic heterocycles. The molecule has 1 unspecified atom stereocenters. The van der Waals surface area contributed by atoms with Crippen LogP contribution in [0.4, 0.5) is 0 Å². The van der Waals surface area contributed by atoms with Crippen LogP contribution in [-0.4, -0.2) is 12.0 Å². The monoisotopic (exact) mass is 276 g/mol. The SMILES string of the molecule is CCCCCCCCCC(NC)c1ncc(C)cc1C. The summed E-state index contributed by atoms with van der Waals surface area (Å²) in [5, 5.41) is 3.43. The van der Waals surface area contributed by atoms with E-state index in [0.717, 1.165) is 0 Å². The first-order chi connectivity index (χ1) is 9.69. The molecule has 0 aliphatic rings. The van der Waals surface area contributed by atoms with Crippen LogP contribution in [-0.2, 0) is 0 Å². The molecule has 1 N–H and O–H groups in total. The topological polar surface area (TPSA) is 24.9 Å². The van der Waals surface area contributed by atoms with Crippen molar-refractivity contribution in [2.45, 2.75) is 78.2 Å². The van der Waals surface area contributed by atoms with Crippen molar-refractivity contribution in [2.75, 3.05) is 7.05 Å². The van der Waals surface area contributed by atoms with Crippen molar-refractivity contribution in [3.05, 3.63) is 29.1 Å². The van der Waals surface area contributed by atoms with Crippen molar-refractivity contribution in [3.63, 3.8) is 0 Å². The van der Waals surface area contributed by atoms with E-state index in [2.05, 4.69) is 37.1 Å². The van der Waals surface area contributed by atoms with Gasteiger partial charge in [-0.3, -0.25) is 4.98 Å². The van der Waals surface area contributed by atoms with E-state index >= 15 is 0 Å². The fourth-order valence-electron chi connectivity index (χ4n) is 2.81. The summed E-state index contributed by atoms with van der Waals surface area (Å²) in [5.41, 5.74) is 3.79. The van der Waals surface area contributed by atoms with Crippen molar-refractivity contribution in [1.29, 1.82) is 0 Å². The Morgan fingerprint density at radius 1 is 1.05 bits per heavy atom. The maximum Gasteiger partial charge on any atom is 0.0602 e. The number of nitrogens with zero attached hydrogens (tertiary/aromatic N) is 1. The molecule has 0 aliphatic carbocycles. The largest absolute Gasteiger partial charge is 0.312 e. The Morgan fingerprint density at radius 3 is 2.30 bits per heavy atom. The van der Waals surface area contributed by atoms with Gasteiger partial charge in [-0.15, -0.1) is 0 Å². The van der Waals surface area contributed by atoms with Gasteiger partial charge in [0.2, 0.25) is 0 Å². The number of aromatic nitrogens is 1. The van der Waals surface area contributed by atoms with Gasteiger partial charge in [-0.1, -0.05) is 57.9 Å². The van der Waals surface area contributed by atoms with Gasteiger partial charge < -0.3 is 5.32 Å². The minimum Gasteiger partial charge on any atom is -0.312 e. The number of nitrogens with one attached hydrogen (secondary N) is 1. The van der Waals surface area contributed by atoms with Gasteiger partial charge in [0.05, 0.1) is 5.69 Å². The smallest absolute Gasteiger partial charge is 0.0602 e. The first kappa shape index (κ1) is 17.2. The number of unbranched alkanes of at least 4 members (excludes halogenated alkanes) is 6. The third kappa shape index (κ3) is 6.04. The van der Waals surface area contributed by atoms with E-state index in [9.17, 15) is 0 Å². The van der Waals surface area contributed by atoms with Gasteiger partial charge in [0.1, 0.15) is 0 Å². The molecule has 1 rings (SSSR count). The Hall–Kier alpha value is -0.890. The molecular formula is C18H32N2. The van der Waals surface area contributed by atoms with E-state index in [1.54, 1.807) is 0 Å². The van der Waals surface area contributed by atoms with Crippen molar-refractivity contribution in [3.8, 4) is 0 Å². The zero-order chi connectivity index (χ0) is 14.8. The second-order valence-corrected chi connectivity index (χ2v) is 5.97. The van der Waals surface area contributed by atoms with E-state index in [0.29, 0.717) is 6.04 Å². The number of rotatable bonds is 10. The second kappa shape index (κ2) is 9.93. The summed E-state index contributed by atoms with van der Waals surface area (Å²) in [6, 6.07) is 2.64. The summed E-state index contributed by atoms with van der Waals surface area (Å²) in [5.74, 6) is 0. The molecule has 0 aromatic carbocycles. The van der Waals surface area contributed by atoms with Crippen LogP contribution in [0.1, 0.15) is 81.2 Å². The van der Waals surface area contributed by atoms with Crippen molar-refractivity contribution >= 4 is 0 Å². The molecule has 0 saturated heterocycles. The maximum atomic E-state index is 4.63. The van der Waals surface area contributed by atoms with E-state index < -0.39 is 0 Å². The number of hydrogen-bond donors (Lipinski definition) is 1. The summed E-state index contributed by atoms with van der Waals surface area (Å²) in [6.45, 7) is 6.55. The first-order valence-electron chi connectivity index (χ1n) is 8.29. The molecule has 0 aliphatic heterocycles. The van der Waals surface area contributed by atoms with Crippen LogP contribution in [0.5, 0.6) is 0 Å². The number of pyridine rings is 1. The summed E-state index contributed by atoms with van der Waals surface area (Å²) in [7, 11) is 2.05. The Labute approximate surface area is 125 Å². The lowest BCUT2D eigenvalue weighted by molar-refractivity contribution is 0.486. The zero-order valence-corrected chi connectivity index (χ0v) is 13.8. The molecule has 0 amide bonds. The highest BCUT2D eigenvalue weighted by Crippen LogP contribution is 2.21. The van der Waals surface area contributed by atoms with Crippen molar-refractivity contribution in [1.82, 2.24) is 10.3 Å². The second-order valence-electron chi connectivity index (χ2n) is 5.97. The van der Waals surface area contributed by atoms with Crippen LogP contribution in [0.2, 0.25) is 0 Å². The predicted molar refractivity (Wildman–Crippen MR) is 88.1 cm³/mol. The van der Waals surface area contributed by atoms with Gasteiger partial charge >= 0.3 is 0 Å². The van der Waals surface area contributed by atoms with Crippen LogP contribution in [0, 0.1) is 13.8 Å². The Balaban J connectivity index is 2.32. The lowest BCUT2D eigenvalue weighted by Crippen LogP contribution is -2.18. The quantitative estimate of drug-likeness (QED) is 0.601. The van der Waals surface area contributed by atoms with Gasteiger partial charge in [0.25, 0.3) is 0 Å². The molecule has 1 aromatic rings. The van der Waals surface area contributed by atoms with E-state index in [1.807, 2.05) is 13.2 Å². The van der Waals surface area contributed by atoms with Crippen molar-refractivity contribution < 1.29 is 0 Å². The van der Waals surface area contributed by atoms with Crippen LogP contribution in [0.25, 0.3) is 0 Å². The number of hydrogen-bond acceptors (Lipinski definition) is 2. The summed E-state index contributed by atoms with van der Waals surface area (Å²) in [6.07, 6.45) is 12.8. The van der Waals surface area contributed by atoms with Gasteiger partial charge in [0, 0.05) is 12.2 Å². The molecule has 0 fully saturated rings. The first-order valence-corrected chi connectivity index (χ1v) is 8.29. The molecule has 0 saturated carbocycles.